The van der Waals surface area contributed by atoms with Crippen molar-refractivity contribution in [3.63, 3.8) is 0 Å². The van der Waals surface area contributed by atoms with Gasteiger partial charge in [0.05, 0.1) is 0 Å². The quantitative estimate of drug-likeness (QED) is 0.386. The molecule has 68 valence electrons. The Morgan fingerprint density at radius 2 is 2.00 bits per heavy atom. The zero-order valence-electron chi connectivity index (χ0n) is 6.70. The molecule has 0 radical (unpaired) electrons. The topological polar surface area (TPSA) is 49.7 Å². The van der Waals surface area contributed by atoms with Crippen LogP contribution in [0.4, 0.5) is 0 Å². The van der Waals surface area contributed by atoms with Crippen LogP contribution in [0.15, 0.2) is 0 Å². The van der Waals surface area contributed by atoms with E-state index in [1.807, 2.05) is 6.92 Å². The normalized spacial score (nSPS) is 46.2. The van der Waals surface area contributed by atoms with Crippen molar-refractivity contribution in [3.8, 4) is 0 Å². The average Bonchev–Trinajstić information content (AvgIpc) is 1.97. The van der Waals surface area contributed by atoms with Gasteiger partial charge in [-0.2, -0.15) is 0 Å². The maximum atomic E-state index is 9.40. The first-order valence-corrected chi connectivity index (χ1v) is 7.05. The molecule has 0 bridgehead atoms. The summed E-state index contributed by atoms with van der Waals surface area (Å²) in [6.07, 6.45) is -0.571. The fourth-order valence-electron chi connectivity index (χ4n) is 1.13. The van der Waals surface area contributed by atoms with Gasteiger partial charge in [0.25, 0.3) is 0 Å². The van der Waals surface area contributed by atoms with E-state index in [1.54, 1.807) is 0 Å². The van der Waals surface area contributed by atoms with Gasteiger partial charge in [-0.05, 0) is 0 Å². The average molecular weight is 273 g/mol. The number of aliphatic hydroxyl groups excluding tert-OH is 2. The molecular weight excluding hydrogens is 259 g/mol. The van der Waals surface area contributed by atoms with Crippen molar-refractivity contribution < 1.29 is 36.2 Å². The van der Waals surface area contributed by atoms with Gasteiger partial charge in [-0.25, -0.2) is 0 Å². The van der Waals surface area contributed by atoms with Gasteiger partial charge in [0.15, 0.2) is 0 Å². The Hall–Kier alpha value is 0.610. The van der Waals surface area contributed by atoms with Gasteiger partial charge in [-0.15, -0.1) is 0 Å². The Morgan fingerprint density at radius 3 is 2.55 bits per heavy atom. The van der Waals surface area contributed by atoms with Crippen LogP contribution in [0.5, 0.6) is 0 Å². The molecule has 1 saturated heterocycles. The summed E-state index contributed by atoms with van der Waals surface area (Å²) in [5.74, 6) is 0. The summed E-state index contributed by atoms with van der Waals surface area (Å²) in [6.45, 7) is 1.85. The Morgan fingerprint density at radius 1 is 1.36 bits per heavy atom. The standard InChI is InChI=1S/C7H14IO3/c1-4-5(9)3-6(10)7(8-2)11-4/h4-7,9-10H,3H2,1-2H3/q-1/t4?,5-,6?,7-/m1/s1. The monoisotopic (exact) mass is 273 g/mol. The molecule has 1 aliphatic rings. The first-order chi connectivity index (χ1) is 5.15. The molecule has 1 rings (SSSR count). The summed E-state index contributed by atoms with van der Waals surface area (Å²) < 4.78 is 5.43. The summed E-state index contributed by atoms with van der Waals surface area (Å²) in [4.78, 5) is 2.08. The molecule has 4 atom stereocenters. The molecule has 2 N–H and O–H groups in total. The van der Waals surface area contributed by atoms with Gasteiger partial charge in [-0.1, -0.05) is 0 Å². The first-order valence-electron chi connectivity index (χ1n) is 3.64. The molecule has 2 unspecified atom stereocenters. The zero-order chi connectivity index (χ0) is 8.43. The van der Waals surface area contributed by atoms with Crippen molar-refractivity contribution in [2.45, 2.75) is 35.8 Å². The number of alkyl halides is 2. The predicted octanol–water partition coefficient (Wildman–Crippen LogP) is -3.44. The van der Waals surface area contributed by atoms with E-state index < -0.39 is 12.2 Å². The second-order valence-corrected chi connectivity index (χ2v) is 5.25. The van der Waals surface area contributed by atoms with Crippen LogP contribution >= 0.6 is 0 Å². The number of halogens is 1. The van der Waals surface area contributed by atoms with Gasteiger partial charge in [0.1, 0.15) is 0 Å². The number of hydrogen-bond donors (Lipinski definition) is 2. The van der Waals surface area contributed by atoms with E-state index in [-0.39, 0.29) is 31.4 Å². The fraction of sp³-hybridized carbons (Fsp3) is 1.00. The molecule has 4 heteroatoms. The van der Waals surface area contributed by atoms with E-state index in [1.165, 1.54) is 0 Å². The van der Waals surface area contributed by atoms with Crippen LogP contribution in [-0.4, -0.2) is 37.6 Å². The zero-order valence-corrected chi connectivity index (χ0v) is 8.85. The molecule has 0 aromatic heterocycles. The van der Waals surface area contributed by atoms with Crippen molar-refractivity contribution in [3.05, 3.63) is 0 Å². The Bertz CT molecular complexity index is 131. The van der Waals surface area contributed by atoms with Crippen molar-refractivity contribution in [1.82, 2.24) is 0 Å². The van der Waals surface area contributed by atoms with E-state index in [0.717, 1.165) is 0 Å². The minimum absolute atomic E-state index is 0.0206. The molecule has 0 amide bonds. The third kappa shape index (κ3) is 2.27. The van der Waals surface area contributed by atoms with Crippen molar-refractivity contribution in [1.29, 1.82) is 0 Å². The Labute approximate surface area is 77.0 Å². The minimum atomic E-state index is -0.489. The second kappa shape index (κ2) is 4.02. The predicted molar refractivity (Wildman–Crippen MR) is 36.9 cm³/mol. The van der Waals surface area contributed by atoms with E-state index in [4.69, 9.17) is 4.74 Å². The van der Waals surface area contributed by atoms with Crippen LogP contribution in [-0.2, 0) is 4.74 Å². The van der Waals surface area contributed by atoms with Gasteiger partial charge in [-0.3, -0.25) is 0 Å². The van der Waals surface area contributed by atoms with E-state index in [0.29, 0.717) is 6.42 Å². The van der Waals surface area contributed by atoms with Crippen molar-refractivity contribution in [2.24, 2.45) is 0 Å². The van der Waals surface area contributed by atoms with Crippen molar-refractivity contribution in [2.75, 3.05) is 4.93 Å². The molecule has 0 aliphatic carbocycles. The van der Waals surface area contributed by atoms with Crippen LogP contribution in [0, 0.1) is 0 Å². The number of aliphatic hydroxyl groups is 2. The Balaban J connectivity index is 2.48. The molecular formula is C7H14IO3-. The summed E-state index contributed by atoms with van der Waals surface area (Å²) in [5, 5.41) is 18.7. The summed E-state index contributed by atoms with van der Waals surface area (Å²) in [6, 6.07) is 0. The molecule has 0 aromatic rings. The SMILES string of the molecule is C[I-][C@@H]1OC(C)[C@H](O)CC1O. The van der Waals surface area contributed by atoms with Gasteiger partial charge in [0, 0.05) is 0 Å². The molecule has 11 heavy (non-hydrogen) atoms. The number of rotatable bonds is 1. The molecule has 3 nitrogen and oxygen atoms in total. The van der Waals surface area contributed by atoms with Crippen LogP contribution in [0.1, 0.15) is 13.3 Å². The summed E-state index contributed by atoms with van der Waals surface area (Å²) >= 11 is -0.0839. The third-order valence-electron chi connectivity index (χ3n) is 1.89. The van der Waals surface area contributed by atoms with Crippen LogP contribution in [0.2, 0.25) is 0 Å². The van der Waals surface area contributed by atoms with Gasteiger partial charge < -0.3 is 0 Å². The molecule has 0 aromatic carbocycles. The molecule has 1 fully saturated rings. The molecule has 0 spiro atoms. The first kappa shape index (κ1) is 9.70. The van der Waals surface area contributed by atoms with Crippen LogP contribution in [0.3, 0.4) is 0 Å². The third-order valence-corrected chi connectivity index (χ3v) is 4.24. The van der Waals surface area contributed by atoms with E-state index in [9.17, 15) is 10.2 Å². The number of ether oxygens (including phenoxy) is 1. The van der Waals surface area contributed by atoms with Crippen LogP contribution in [0.25, 0.3) is 0 Å². The number of hydrogen-bond acceptors (Lipinski definition) is 3. The molecule has 1 aliphatic heterocycles. The Kier molecular flexibility index (Phi) is 3.54. The van der Waals surface area contributed by atoms with E-state index in [2.05, 4.69) is 4.93 Å². The summed E-state index contributed by atoms with van der Waals surface area (Å²) in [7, 11) is 0. The molecule has 1 heterocycles. The maximum absolute atomic E-state index is 9.40. The second-order valence-electron chi connectivity index (χ2n) is 2.78. The van der Waals surface area contributed by atoms with Gasteiger partial charge in [0.2, 0.25) is 0 Å². The van der Waals surface area contributed by atoms with Gasteiger partial charge >= 0.3 is 76.9 Å². The van der Waals surface area contributed by atoms with Crippen LogP contribution < -0.4 is 21.2 Å². The summed E-state index contributed by atoms with van der Waals surface area (Å²) in [5.41, 5.74) is 0. The fourth-order valence-corrected chi connectivity index (χ4v) is 3.01. The van der Waals surface area contributed by atoms with E-state index >= 15 is 0 Å². The van der Waals surface area contributed by atoms with Crippen molar-refractivity contribution >= 4 is 0 Å². The molecule has 0 saturated carbocycles.